The minimum absolute atomic E-state index is 0.0563. The van der Waals surface area contributed by atoms with Crippen molar-refractivity contribution in [1.29, 1.82) is 0 Å². The molecule has 10 aromatic rings. The molecule has 8 N–H and O–H groups in total. The third-order valence-corrected chi connectivity index (χ3v) is 17.8. The maximum absolute atomic E-state index is 13.9. The molecule has 89 heavy (non-hydrogen) atoms. The third-order valence-electron chi connectivity index (χ3n) is 16.0. The van der Waals surface area contributed by atoms with Gasteiger partial charge in [-0.05, 0) is 228 Å². The summed E-state index contributed by atoms with van der Waals surface area (Å²) in [7, 11) is -3.64. The highest BCUT2D eigenvalue weighted by atomic mass is 32.2. The van der Waals surface area contributed by atoms with Crippen LogP contribution in [0.1, 0.15) is 77.9 Å². The van der Waals surface area contributed by atoms with E-state index in [1.807, 2.05) is 64.1 Å². The summed E-state index contributed by atoms with van der Waals surface area (Å²) in [6.45, 7) is 13.3. The number of rotatable bonds is 7. The molecule has 0 radical (unpaired) electrons. The van der Waals surface area contributed by atoms with Gasteiger partial charge in [0.05, 0.1) is 15.2 Å². The number of phenolic OH excluding ortho intramolecular Hbond substituents is 8. The molecule has 0 aromatic heterocycles. The summed E-state index contributed by atoms with van der Waals surface area (Å²) < 4.78 is 108. The van der Waals surface area contributed by atoms with E-state index in [9.17, 15) is 75.6 Å². The Morgan fingerprint density at radius 3 is 0.921 bits per heavy atom. The van der Waals surface area contributed by atoms with Crippen LogP contribution in [-0.4, -0.2) is 61.6 Å². The molecule has 0 atom stereocenters. The van der Waals surface area contributed by atoms with Crippen LogP contribution in [0.5, 0.6) is 46.0 Å². The van der Waals surface area contributed by atoms with Gasteiger partial charge in [0.15, 0.2) is 0 Å². The lowest BCUT2D eigenvalue weighted by atomic mass is 9.67. The Bertz CT molecular complexity index is 4150. The summed E-state index contributed by atoms with van der Waals surface area (Å²) in [5.74, 6) is 0.431. The molecule has 17 heteroatoms. The predicted molar refractivity (Wildman–Crippen MR) is 331 cm³/mol. The van der Waals surface area contributed by atoms with E-state index in [4.69, 9.17) is 0 Å². The summed E-state index contributed by atoms with van der Waals surface area (Å²) in [6, 6.07) is 52.2. The maximum atomic E-state index is 13.9. The van der Waals surface area contributed by atoms with Crippen molar-refractivity contribution in [3.8, 4) is 68.2 Å². The number of aryl methyl sites for hydroxylation is 8. The molecular weight excluding hydrogens is 1170 g/mol. The Morgan fingerprint density at radius 2 is 0.618 bits per heavy atom. The fraction of sp³-hybridized carbons (Fsp3) is 0.167. The Morgan fingerprint density at radius 1 is 0.315 bits per heavy atom. The molecule has 0 bridgehead atoms. The Balaban J connectivity index is 0.000000157. The molecule has 0 unspecified atom stereocenters. The van der Waals surface area contributed by atoms with Crippen LogP contribution in [0.2, 0.25) is 0 Å². The SMILES string of the molecule is Cc1cc(C(c2ccc(O)c(C)c2)(C(F)(F)F)C(F)(F)F)ccc1O.Cc1cc(C2(c3ccc(O)c(C)c3)c3ccccc3-c3ccccc32)ccc1O.Cc1cc(S(=O)(=O)c2ccc(O)c(C)c2)ccc1O.Cc1ccc(-c2ccc(C)c(O)c2)cc1O. The van der Waals surface area contributed by atoms with Crippen LogP contribution in [-0.2, 0) is 20.7 Å². The van der Waals surface area contributed by atoms with Crippen molar-refractivity contribution < 1.29 is 75.6 Å². The number of alkyl halides is 6. The van der Waals surface area contributed by atoms with Gasteiger partial charge in [-0.3, -0.25) is 0 Å². The van der Waals surface area contributed by atoms with Crippen LogP contribution in [0.4, 0.5) is 26.3 Å². The van der Waals surface area contributed by atoms with E-state index in [2.05, 4.69) is 60.7 Å². The highest BCUT2D eigenvalue weighted by Crippen LogP contribution is 2.58. The van der Waals surface area contributed by atoms with E-state index in [1.54, 1.807) is 38.1 Å². The van der Waals surface area contributed by atoms with E-state index < -0.39 is 55.6 Å². The lowest BCUT2D eigenvalue weighted by Crippen LogP contribution is -2.54. The summed E-state index contributed by atoms with van der Waals surface area (Å²) in [5, 5.41) is 77.4. The zero-order valence-corrected chi connectivity index (χ0v) is 50.4. The summed E-state index contributed by atoms with van der Waals surface area (Å²) >= 11 is 0. The summed E-state index contributed by atoms with van der Waals surface area (Å²) in [6.07, 6.45) is -11.4. The van der Waals surface area contributed by atoms with Gasteiger partial charge < -0.3 is 40.9 Å². The normalized spacial score (nSPS) is 12.5. The van der Waals surface area contributed by atoms with Crippen molar-refractivity contribution >= 4 is 9.84 Å². The number of hydrogen-bond donors (Lipinski definition) is 8. The van der Waals surface area contributed by atoms with Crippen molar-refractivity contribution in [1.82, 2.24) is 0 Å². The highest BCUT2D eigenvalue weighted by molar-refractivity contribution is 7.91. The predicted octanol–water partition coefficient (Wildman–Crippen LogP) is 17.1. The smallest absolute Gasteiger partial charge is 0.411 e. The van der Waals surface area contributed by atoms with Crippen LogP contribution in [0.25, 0.3) is 22.3 Å². The van der Waals surface area contributed by atoms with E-state index in [-0.39, 0.29) is 43.9 Å². The second-order valence-electron chi connectivity index (χ2n) is 22.0. The maximum Gasteiger partial charge on any atom is 0.411 e. The largest absolute Gasteiger partial charge is 0.508 e. The van der Waals surface area contributed by atoms with Crippen LogP contribution in [0.15, 0.2) is 204 Å². The summed E-state index contributed by atoms with van der Waals surface area (Å²) in [4.78, 5) is 0.237. The first-order valence-electron chi connectivity index (χ1n) is 27.7. The van der Waals surface area contributed by atoms with Crippen LogP contribution >= 0.6 is 0 Å². The van der Waals surface area contributed by atoms with Crippen molar-refractivity contribution in [3.05, 3.63) is 272 Å². The standard InChI is InChI=1S/C27H22O2.C17H14F6O2.C14H14O4S.C14H14O2/c1-17-15-19(11-13-25(17)28)27(20-12-14-26(29)18(2)16-20)23-9-5-3-7-21(23)22-8-4-6-10-24(22)27;1-9-7-11(3-5-13(9)24)15(16(18,19)20,17(21,22)23)12-4-6-14(25)10(2)8-12;1-9-7-11(3-5-13(9)15)19(17,18)12-4-6-14(16)10(2)8-12;1-9-3-5-11(7-13(9)15)12-6-4-10(2)14(16)8-12/h3-16,28-29H,1-2H3;3-8,24-25H,1-2H3;3-8,15-16H,1-2H3;3-8,15-16H,1-2H3. The van der Waals surface area contributed by atoms with Crippen molar-refractivity contribution in [2.24, 2.45) is 0 Å². The van der Waals surface area contributed by atoms with Crippen molar-refractivity contribution in [2.45, 2.75) is 88.4 Å². The topological polar surface area (TPSA) is 196 Å². The van der Waals surface area contributed by atoms with E-state index in [0.29, 0.717) is 46.9 Å². The highest BCUT2D eigenvalue weighted by Gasteiger charge is 2.72. The lowest BCUT2D eigenvalue weighted by molar-refractivity contribution is -0.288. The molecule has 10 aromatic carbocycles. The fourth-order valence-corrected chi connectivity index (χ4v) is 12.3. The molecule has 0 aliphatic heterocycles. The third kappa shape index (κ3) is 12.5. The van der Waals surface area contributed by atoms with E-state index in [0.717, 1.165) is 56.6 Å². The number of sulfone groups is 1. The monoisotopic (exact) mass is 1230 g/mol. The minimum atomic E-state index is -5.71. The number of aromatic hydroxyl groups is 8. The van der Waals surface area contributed by atoms with Crippen molar-refractivity contribution in [2.75, 3.05) is 0 Å². The average Bonchev–Trinajstić information content (AvgIpc) is 1.67. The van der Waals surface area contributed by atoms with E-state index in [1.165, 1.54) is 72.5 Å². The molecule has 460 valence electrons. The van der Waals surface area contributed by atoms with Crippen molar-refractivity contribution in [3.63, 3.8) is 0 Å². The zero-order valence-electron chi connectivity index (χ0n) is 49.5. The number of fused-ring (bicyclic) bond motifs is 3. The van der Waals surface area contributed by atoms with Gasteiger partial charge in [0, 0.05) is 0 Å². The zero-order chi connectivity index (χ0) is 65.3. The average molecular weight is 1240 g/mol. The first-order valence-corrected chi connectivity index (χ1v) is 29.2. The second-order valence-corrected chi connectivity index (χ2v) is 23.9. The Hall–Kier alpha value is -9.87. The summed E-state index contributed by atoms with van der Waals surface area (Å²) in [5.41, 5.74) is 6.11. The molecule has 0 saturated heterocycles. The molecule has 10 nitrogen and oxygen atoms in total. The van der Waals surface area contributed by atoms with Gasteiger partial charge in [-0.2, -0.15) is 26.3 Å². The molecule has 0 fully saturated rings. The number of hydrogen-bond acceptors (Lipinski definition) is 10. The molecular formula is C72H64F6O10S. The van der Waals surface area contributed by atoms with Gasteiger partial charge in [-0.1, -0.05) is 121 Å². The fourth-order valence-electron chi connectivity index (χ4n) is 10.9. The molecule has 0 spiro atoms. The first-order chi connectivity index (χ1) is 41.7. The molecule has 0 heterocycles. The first kappa shape index (κ1) is 65.1. The van der Waals surface area contributed by atoms with Gasteiger partial charge in [0.1, 0.15) is 46.0 Å². The number of benzene rings is 10. The Kier molecular flexibility index (Phi) is 18.3. The number of phenols is 8. The van der Waals surface area contributed by atoms with Gasteiger partial charge in [0.25, 0.3) is 0 Å². The van der Waals surface area contributed by atoms with Gasteiger partial charge in [0.2, 0.25) is 15.3 Å². The second kappa shape index (κ2) is 25.1. The molecule has 0 saturated carbocycles. The number of halogens is 6. The lowest BCUT2D eigenvalue weighted by Gasteiger charge is -2.38. The molecule has 1 aliphatic rings. The van der Waals surface area contributed by atoms with Gasteiger partial charge >= 0.3 is 12.4 Å². The minimum Gasteiger partial charge on any atom is -0.508 e. The van der Waals surface area contributed by atoms with Gasteiger partial charge in [-0.15, -0.1) is 0 Å². The van der Waals surface area contributed by atoms with Crippen LogP contribution in [0, 0.1) is 55.4 Å². The van der Waals surface area contributed by atoms with Gasteiger partial charge in [-0.25, -0.2) is 8.42 Å². The molecule has 0 amide bonds. The molecule has 1 aliphatic carbocycles. The Labute approximate surface area is 511 Å². The quantitative estimate of drug-likeness (QED) is 0.0711. The van der Waals surface area contributed by atoms with E-state index >= 15 is 0 Å². The van der Waals surface area contributed by atoms with Crippen LogP contribution < -0.4 is 0 Å². The van der Waals surface area contributed by atoms with Crippen LogP contribution in [0.3, 0.4) is 0 Å². The molecule has 11 rings (SSSR count).